The van der Waals surface area contributed by atoms with E-state index in [0.717, 1.165) is 5.56 Å². The molecule has 138 valence electrons. The van der Waals surface area contributed by atoms with Gasteiger partial charge in [-0.1, -0.05) is 29.3 Å². The van der Waals surface area contributed by atoms with Gasteiger partial charge in [0.25, 0.3) is 5.91 Å². The molecule has 0 heterocycles. The molecule has 0 saturated carbocycles. The van der Waals surface area contributed by atoms with Crippen LogP contribution in [0, 0.1) is 10.1 Å². The van der Waals surface area contributed by atoms with Gasteiger partial charge >= 0.3 is 5.69 Å². The van der Waals surface area contributed by atoms with Crippen LogP contribution in [0.2, 0.25) is 10.0 Å². The second-order valence-corrected chi connectivity index (χ2v) is 6.16. The molecule has 0 fully saturated rings. The van der Waals surface area contributed by atoms with Crippen LogP contribution in [0.5, 0.6) is 11.5 Å². The summed E-state index contributed by atoms with van der Waals surface area (Å²) >= 11 is 11.8. The van der Waals surface area contributed by atoms with Crippen molar-refractivity contribution in [3.63, 3.8) is 0 Å². The molecular weight excluding hydrogens is 383 g/mol. The van der Waals surface area contributed by atoms with Crippen molar-refractivity contribution in [2.24, 2.45) is 0 Å². The number of benzene rings is 2. The predicted octanol–water partition coefficient (Wildman–Crippen LogP) is 4.17. The maximum absolute atomic E-state index is 12.1. The second-order valence-electron chi connectivity index (χ2n) is 5.34. The lowest BCUT2D eigenvalue weighted by Crippen LogP contribution is -2.31. The van der Waals surface area contributed by atoms with Crippen LogP contribution in [-0.2, 0) is 4.79 Å². The summed E-state index contributed by atoms with van der Waals surface area (Å²) in [6.45, 7) is 1.39. The molecule has 9 heteroatoms. The van der Waals surface area contributed by atoms with E-state index in [-0.39, 0.29) is 24.1 Å². The van der Waals surface area contributed by atoms with Gasteiger partial charge in [-0.2, -0.15) is 0 Å². The maximum atomic E-state index is 12.1. The Bertz CT molecular complexity index is 829. The van der Waals surface area contributed by atoms with Crippen LogP contribution >= 0.6 is 23.2 Å². The van der Waals surface area contributed by atoms with Crippen molar-refractivity contribution in [3.05, 3.63) is 62.1 Å². The van der Waals surface area contributed by atoms with E-state index in [1.54, 1.807) is 25.1 Å². The largest absolute Gasteiger partial charge is 0.496 e. The average Bonchev–Trinajstić information content (AvgIpc) is 2.61. The highest BCUT2D eigenvalue weighted by atomic mass is 35.5. The first kappa shape index (κ1) is 19.8. The summed E-state index contributed by atoms with van der Waals surface area (Å²) in [5.41, 5.74) is 0.484. The van der Waals surface area contributed by atoms with Crippen LogP contribution in [0.1, 0.15) is 18.5 Å². The first-order valence-corrected chi connectivity index (χ1v) is 8.27. The normalized spacial score (nSPS) is 11.5. The average molecular weight is 399 g/mol. The zero-order valence-electron chi connectivity index (χ0n) is 14.0. The number of carbonyl (C=O) groups excluding carboxylic acids is 1. The fourth-order valence-corrected chi connectivity index (χ4v) is 2.49. The molecule has 1 amide bonds. The van der Waals surface area contributed by atoms with E-state index in [2.05, 4.69) is 5.32 Å². The Morgan fingerprint density at radius 2 is 1.96 bits per heavy atom. The topological polar surface area (TPSA) is 90.7 Å². The SMILES string of the molecule is COc1ccc(OCC(=O)N[C@H](C)c2ccc(Cl)c(Cl)c2)c([N+](=O)[O-])c1. The molecule has 0 unspecified atom stereocenters. The molecule has 1 atom stereocenters. The monoisotopic (exact) mass is 398 g/mol. The van der Waals surface area contributed by atoms with Crippen LogP contribution in [0.25, 0.3) is 0 Å². The lowest BCUT2D eigenvalue weighted by molar-refractivity contribution is -0.385. The summed E-state index contributed by atoms with van der Waals surface area (Å²) in [4.78, 5) is 22.6. The van der Waals surface area contributed by atoms with E-state index in [0.29, 0.717) is 15.8 Å². The fraction of sp³-hybridized carbons (Fsp3) is 0.235. The predicted molar refractivity (Wildman–Crippen MR) is 98.2 cm³/mol. The van der Waals surface area contributed by atoms with Crippen LogP contribution in [0.4, 0.5) is 5.69 Å². The Balaban J connectivity index is 2.00. The Hall–Kier alpha value is -2.51. The second kappa shape index (κ2) is 8.73. The number of nitro groups is 1. The van der Waals surface area contributed by atoms with Crippen molar-refractivity contribution in [2.75, 3.05) is 13.7 Å². The number of amides is 1. The van der Waals surface area contributed by atoms with Gasteiger partial charge in [0.15, 0.2) is 12.4 Å². The summed E-state index contributed by atoms with van der Waals surface area (Å²) in [7, 11) is 1.40. The molecule has 26 heavy (non-hydrogen) atoms. The van der Waals surface area contributed by atoms with Gasteiger partial charge in [-0.25, -0.2) is 0 Å². The van der Waals surface area contributed by atoms with Crippen molar-refractivity contribution in [2.45, 2.75) is 13.0 Å². The van der Waals surface area contributed by atoms with Crippen molar-refractivity contribution < 1.29 is 19.2 Å². The van der Waals surface area contributed by atoms with Gasteiger partial charge < -0.3 is 14.8 Å². The Morgan fingerprint density at radius 1 is 1.23 bits per heavy atom. The highest BCUT2D eigenvalue weighted by Crippen LogP contribution is 2.31. The smallest absolute Gasteiger partial charge is 0.314 e. The summed E-state index contributed by atoms with van der Waals surface area (Å²) in [6, 6.07) is 8.82. The molecule has 0 spiro atoms. The van der Waals surface area contributed by atoms with Gasteiger partial charge in [0.05, 0.1) is 34.2 Å². The van der Waals surface area contributed by atoms with E-state index in [1.807, 2.05) is 0 Å². The minimum Gasteiger partial charge on any atom is -0.496 e. The number of halogens is 2. The molecule has 2 aromatic carbocycles. The van der Waals surface area contributed by atoms with Crippen LogP contribution in [0.15, 0.2) is 36.4 Å². The van der Waals surface area contributed by atoms with Gasteiger partial charge in [0.2, 0.25) is 0 Å². The Kier molecular flexibility index (Phi) is 6.65. The van der Waals surface area contributed by atoms with E-state index >= 15 is 0 Å². The van der Waals surface area contributed by atoms with Gasteiger partial charge in [0.1, 0.15) is 5.75 Å². The third-order valence-corrected chi connectivity index (χ3v) is 4.28. The molecule has 7 nitrogen and oxygen atoms in total. The minimum atomic E-state index is -0.603. The van der Waals surface area contributed by atoms with Gasteiger partial charge in [0, 0.05) is 0 Å². The molecule has 0 bridgehead atoms. The molecule has 2 rings (SSSR count). The molecular formula is C17H16Cl2N2O5. The zero-order chi connectivity index (χ0) is 19.3. The van der Waals surface area contributed by atoms with Crippen molar-refractivity contribution in [3.8, 4) is 11.5 Å². The number of rotatable bonds is 7. The summed E-state index contributed by atoms with van der Waals surface area (Å²) in [6.07, 6.45) is 0. The first-order valence-electron chi connectivity index (χ1n) is 7.51. The third-order valence-electron chi connectivity index (χ3n) is 3.54. The van der Waals surface area contributed by atoms with Gasteiger partial charge in [-0.05, 0) is 36.8 Å². The number of nitrogens with one attached hydrogen (secondary N) is 1. The van der Waals surface area contributed by atoms with Crippen molar-refractivity contribution in [1.29, 1.82) is 0 Å². The lowest BCUT2D eigenvalue weighted by Gasteiger charge is -2.15. The molecule has 0 saturated heterocycles. The quantitative estimate of drug-likeness (QED) is 0.558. The number of carbonyl (C=O) groups is 1. The molecule has 2 aromatic rings. The summed E-state index contributed by atoms with van der Waals surface area (Å²) in [5, 5.41) is 14.6. The van der Waals surface area contributed by atoms with Crippen LogP contribution in [-0.4, -0.2) is 24.5 Å². The van der Waals surface area contributed by atoms with Crippen molar-refractivity contribution >= 4 is 34.8 Å². The third kappa shape index (κ3) is 5.00. The van der Waals surface area contributed by atoms with E-state index < -0.39 is 10.8 Å². The van der Waals surface area contributed by atoms with Crippen LogP contribution in [0.3, 0.4) is 0 Å². The molecule has 0 aliphatic rings. The Morgan fingerprint density at radius 3 is 2.58 bits per heavy atom. The van der Waals surface area contributed by atoms with Crippen molar-refractivity contribution in [1.82, 2.24) is 5.32 Å². The molecule has 0 aliphatic heterocycles. The molecule has 0 aromatic heterocycles. The van der Waals surface area contributed by atoms with Crippen LogP contribution < -0.4 is 14.8 Å². The number of ether oxygens (including phenoxy) is 2. The highest BCUT2D eigenvalue weighted by Gasteiger charge is 2.18. The van der Waals surface area contributed by atoms with E-state index in [4.69, 9.17) is 32.7 Å². The zero-order valence-corrected chi connectivity index (χ0v) is 15.5. The number of nitrogens with zero attached hydrogens (tertiary/aromatic N) is 1. The number of hydrogen-bond donors (Lipinski definition) is 1. The lowest BCUT2D eigenvalue weighted by atomic mass is 10.1. The number of hydrogen-bond acceptors (Lipinski definition) is 5. The van der Waals surface area contributed by atoms with Gasteiger partial charge in [-0.3, -0.25) is 14.9 Å². The maximum Gasteiger partial charge on any atom is 0.314 e. The minimum absolute atomic E-state index is 0.0202. The first-order chi connectivity index (χ1) is 12.3. The molecule has 1 N–H and O–H groups in total. The highest BCUT2D eigenvalue weighted by molar-refractivity contribution is 6.42. The van der Waals surface area contributed by atoms with E-state index in [1.165, 1.54) is 25.3 Å². The number of nitro benzene ring substituents is 1. The molecule has 0 aliphatic carbocycles. The molecule has 0 radical (unpaired) electrons. The fourth-order valence-electron chi connectivity index (χ4n) is 2.18. The Labute approximate surface area is 160 Å². The summed E-state index contributed by atoms with van der Waals surface area (Å²) in [5.74, 6) is -0.136. The number of methoxy groups -OCH3 is 1. The summed E-state index contributed by atoms with van der Waals surface area (Å²) < 4.78 is 10.2. The van der Waals surface area contributed by atoms with Gasteiger partial charge in [-0.15, -0.1) is 0 Å². The van der Waals surface area contributed by atoms with E-state index in [9.17, 15) is 14.9 Å². The standard InChI is InChI=1S/C17H16Cl2N2O5/c1-10(11-3-5-13(18)14(19)7-11)20-17(22)9-26-16-6-4-12(25-2)8-15(16)21(23)24/h3-8,10H,9H2,1-2H3,(H,20,22)/t10-/m1/s1.